The van der Waals surface area contributed by atoms with Crippen LogP contribution in [0.1, 0.15) is 43.0 Å². The Hall–Kier alpha value is -1.87. The molecule has 2 aromatic rings. The van der Waals surface area contributed by atoms with Gasteiger partial charge in [-0.15, -0.1) is 0 Å². The van der Waals surface area contributed by atoms with Gasteiger partial charge in [-0.3, -0.25) is 0 Å². The summed E-state index contributed by atoms with van der Waals surface area (Å²) >= 11 is 5.40. The van der Waals surface area contributed by atoms with Crippen molar-refractivity contribution >= 4 is 23.0 Å². The SMILES string of the molecule is CCCc1ccc([C@H](C)NC(=S)Nc2cccc(C)c2)cc1. The second-order valence-electron chi connectivity index (χ2n) is 5.68. The molecular weight excluding hydrogens is 288 g/mol. The van der Waals surface area contributed by atoms with E-state index in [1.54, 1.807) is 0 Å². The van der Waals surface area contributed by atoms with Crippen LogP contribution in [0.25, 0.3) is 0 Å². The van der Waals surface area contributed by atoms with Gasteiger partial charge in [-0.1, -0.05) is 49.7 Å². The van der Waals surface area contributed by atoms with Gasteiger partial charge < -0.3 is 10.6 Å². The fraction of sp³-hybridized carbons (Fsp3) is 0.316. The lowest BCUT2D eigenvalue weighted by Gasteiger charge is -2.18. The van der Waals surface area contributed by atoms with Crippen LogP contribution in [0.4, 0.5) is 5.69 Å². The van der Waals surface area contributed by atoms with Crippen molar-refractivity contribution in [1.82, 2.24) is 5.32 Å². The van der Waals surface area contributed by atoms with Crippen molar-refractivity contribution in [2.75, 3.05) is 5.32 Å². The Morgan fingerprint density at radius 3 is 2.50 bits per heavy atom. The molecular formula is C19H24N2S. The number of nitrogens with one attached hydrogen (secondary N) is 2. The standard InChI is InChI=1S/C19H24N2S/c1-4-6-16-9-11-17(12-10-16)15(3)20-19(22)21-18-8-5-7-14(2)13-18/h5,7-13,15H,4,6H2,1-3H3,(H2,20,21,22)/t15-/m0/s1. The lowest BCUT2D eigenvalue weighted by atomic mass is 10.0. The second-order valence-corrected chi connectivity index (χ2v) is 6.09. The summed E-state index contributed by atoms with van der Waals surface area (Å²) in [6.07, 6.45) is 2.31. The molecule has 0 aliphatic carbocycles. The molecule has 2 rings (SSSR count). The summed E-state index contributed by atoms with van der Waals surface area (Å²) in [6.45, 7) is 6.40. The zero-order valence-electron chi connectivity index (χ0n) is 13.5. The number of anilines is 1. The number of hydrogen-bond donors (Lipinski definition) is 2. The van der Waals surface area contributed by atoms with E-state index in [4.69, 9.17) is 12.2 Å². The Labute approximate surface area is 139 Å². The minimum absolute atomic E-state index is 0.181. The van der Waals surface area contributed by atoms with Gasteiger partial charge >= 0.3 is 0 Å². The van der Waals surface area contributed by atoms with Gasteiger partial charge in [0, 0.05) is 5.69 Å². The monoisotopic (exact) mass is 312 g/mol. The Morgan fingerprint density at radius 2 is 1.86 bits per heavy atom. The van der Waals surface area contributed by atoms with E-state index in [0.29, 0.717) is 5.11 Å². The van der Waals surface area contributed by atoms with Crippen LogP contribution in [-0.2, 0) is 6.42 Å². The first-order valence-corrected chi connectivity index (χ1v) is 8.22. The number of aryl methyl sites for hydroxylation is 2. The first kappa shape index (κ1) is 16.5. The van der Waals surface area contributed by atoms with Gasteiger partial charge in [-0.25, -0.2) is 0 Å². The van der Waals surface area contributed by atoms with E-state index < -0.39 is 0 Å². The Bertz CT molecular complexity index is 620. The summed E-state index contributed by atoms with van der Waals surface area (Å²) in [5.41, 5.74) is 4.86. The molecule has 0 fully saturated rings. The number of hydrogen-bond acceptors (Lipinski definition) is 1. The smallest absolute Gasteiger partial charge is 0.171 e. The summed E-state index contributed by atoms with van der Waals surface area (Å²) in [7, 11) is 0. The maximum absolute atomic E-state index is 5.40. The highest BCUT2D eigenvalue weighted by atomic mass is 32.1. The largest absolute Gasteiger partial charge is 0.356 e. The van der Waals surface area contributed by atoms with Crippen molar-refractivity contribution in [3.63, 3.8) is 0 Å². The highest BCUT2D eigenvalue weighted by molar-refractivity contribution is 7.80. The van der Waals surface area contributed by atoms with E-state index in [0.717, 1.165) is 12.1 Å². The molecule has 0 saturated heterocycles. The van der Waals surface area contributed by atoms with E-state index in [2.05, 4.69) is 67.8 Å². The van der Waals surface area contributed by atoms with Gasteiger partial charge in [-0.2, -0.15) is 0 Å². The maximum atomic E-state index is 5.40. The van der Waals surface area contributed by atoms with Crippen molar-refractivity contribution in [2.45, 2.75) is 39.7 Å². The molecule has 0 amide bonds. The molecule has 1 atom stereocenters. The summed E-state index contributed by atoms with van der Waals surface area (Å²) in [6, 6.07) is 17.1. The lowest BCUT2D eigenvalue weighted by molar-refractivity contribution is 0.722. The van der Waals surface area contributed by atoms with E-state index in [-0.39, 0.29) is 6.04 Å². The summed E-state index contributed by atoms with van der Waals surface area (Å²) < 4.78 is 0. The van der Waals surface area contributed by atoms with Gasteiger partial charge in [0.1, 0.15) is 0 Å². The molecule has 0 radical (unpaired) electrons. The van der Waals surface area contributed by atoms with Crippen LogP contribution in [-0.4, -0.2) is 5.11 Å². The highest BCUT2D eigenvalue weighted by Crippen LogP contribution is 2.15. The fourth-order valence-corrected chi connectivity index (χ4v) is 2.73. The van der Waals surface area contributed by atoms with Crippen molar-refractivity contribution in [1.29, 1.82) is 0 Å². The van der Waals surface area contributed by atoms with Crippen LogP contribution in [0.15, 0.2) is 48.5 Å². The third kappa shape index (κ3) is 4.85. The number of thiocarbonyl (C=S) groups is 1. The molecule has 2 nitrogen and oxygen atoms in total. The molecule has 0 unspecified atom stereocenters. The minimum Gasteiger partial charge on any atom is -0.356 e. The third-order valence-electron chi connectivity index (χ3n) is 3.64. The molecule has 116 valence electrons. The highest BCUT2D eigenvalue weighted by Gasteiger charge is 2.07. The molecule has 0 aromatic heterocycles. The van der Waals surface area contributed by atoms with Gasteiger partial charge in [-0.05, 0) is 61.3 Å². The molecule has 22 heavy (non-hydrogen) atoms. The zero-order chi connectivity index (χ0) is 15.9. The van der Waals surface area contributed by atoms with E-state index in [1.807, 2.05) is 12.1 Å². The van der Waals surface area contributed by atoms with Gasteiger partial charge in [0.15, 0.2) is 5.11 Å². The van der Waals surface area contributed by atoms with Crippen molar-refractivity contribution in [3.8, 4) is 0 Å². The van der Waals surface area contributed by atoms with Crippen LogP contribution in [0.3, 0.4) is 0 Å². The molecule has 0 bridgehead atoms. The van der Waals surface area contributed by atoms with Gasteiger partial charge in [0.2, 0.25) is 0 Å². The van der Waals surface area contributed by atoms with Crippen molar-refractivity contribution < 1.29 is 0 Å². The van der Waals surface area contributed by atoms with Crippen molar-refractivity contribution in [3.05, 3.63) is 65.2 Å². The average molecular weight is 312 g/mol. The third-order valence-corrected chi connectivity index (χ3v) is 3.86. The molecule has 0 aliphatic rings. The Kier molecular flexibility index (Phi) is 5.96. The molecule has 2 aromatic carbocycles. The summed E-state index contributed by atoms with van der Waals surface area (Å²) in [5, 5.41) is 7.22. The quantitative estimate of drug-likeness (QED) is 0.760. The predicted molar refractivity (Wildman–Crippen MR) is 99.4 cm³/mol. The van der Waals surface area contributed by atoms with Crippen LogP contribution < -0.4 is 10.6 Å². The van der Waals surface area contributed by atoms with E-state index in [9.17, 15) is 0 Å². The van der Waals surface area contributed by atoms with E-state index >= 15 is 0 Å². The topological polar surface area (TPSA) is 24.1 Å². The first-order chi connectivity index (χ1) is 10.6. The van der Waals surface area contributed by atoms with Gasteiger partial charge in [0.05, 0.1) is 6.04 Å². The van der Waals surface area contributed by atoms with Crippen molar-refractivity contribution in [2.24, 2.45) is 0 Å². The van der Waals surface area contributed by atoms with Crippen LogP contribution >= 0.6 is 12.2 Å². The fourth-order valence-electron chi connectivity index (χ4n) is 2.43. The van der Waals surface area contributed by atoms with Crippen LogP contribution in [0.5, 0.6) is 0 Å². The van der Waals surface area contributed by atoms with Gasteiger partial charge in [0.25, 0.3) is 0 Å². The molecule has 0 spiro atoms. The van der Waals surface area contributed by atoms with Crippen LogP contribution in [0.2, 0.25) is 0 Å². The maximum Gasteiger partial charge on any atom is 0.171 e. The van der Waals surface area contributed by atoms with E-state index in [1.165, 1.54) is 23.1 Å². The summed E-state index contributed by atoms with van der Waals surface area (Å²) in [4.78, 5) is 0. The average Bonchev–Trinajstić information content (AvgIpc) is 2.48. The summed E-state index contributed by atoms with van der Waals surface area (Å²) in [5.74, 6) is 0. The zero-order valence-corrected chi connectivity index (χ0v) is 14.3. The molecule has 2 N–H and O–H groups in total. The first-order valence-electron chi connectivity index (χ1n) is 7.81. The lowest BCUT2D eigenvalue weighted by Crippen LogP contribution is -2.30. The Balaban J connectivity index is 1.93. The molecule has 0 saturated carbocycles. The molecule has 0 aliphatic heterocycles. The minimum atomic E-state index is 0.181. The number of benzene rings is 2. The second kappa shape index (κ2) is 7.95. The Morgan fingerprint density at radius 1 is 1.14 bits per heavy atom. The van der Waals surface area contributed by atoms with Crippen LogP contribution in [0, 0.1) is 6.92 Å². The molecule has 0 heterocycles. The number of rotatable bonds is 5. The molecule has 3 heteroatoms. The predicted octanol–water partition coefficient (Wildman–Crippen LogP) is 5.00. The normalized spacial score (nSPS) is 11.8.